The summed E-state index contributed by atoms with van der Waals surface area (Å²) in [5.41, 5.74) is 1.30. The fourth-order valence-corrected chi connectivity index (χ4v) is 3.03. The van der Waals surface area contributed by atoms with Crippen molar-refractivity contribution in [2.75, 3.05) is 0 Å². The minimum Gasteiger partial charge on any atom is -0.506 e. The Kier molecular flexibility index (Phi) is 3.33. The average Bonchev–Trinajstić information content (AvgIpc) is 2.45. The average molecular weight is 352 g/mol. The zero-order valence-corrected chi connectivity index (χ0v) is 12.7. The molecular formula is C13H6Cl4O3. The van der Waals surface area contributed by atoms with Gasteiger partial charge in [0, 0.05) is 17.5 Å². The van der Waals surface area contributed by atoms with Crippen molar-refractivity contribution in [3.05, 3.63) is 43.4 Å². The van der Waals surface area contributed by atoms with Gasteiger partial charge in [0.15, 0.2) is 17.2 Å². The molecule has 0 bridgehead atoms. The highest BCUT2D eigenvalue weighted by molar-refractivity contribution is 6.46. The molecule has 1 aliphatic heterocycles. The molecule has 0 spiro atoms. The van der Waals surface area contributed by atoms with Gasteiger partial charge in [-0.1, -0.05) is 52.5 Å². The van der Waals surface area contributed by atoms with Crippen molar-refractivity contribution in [3.63, 3.8) is 0 Å². The first-order chi connectivity index (χ1) is 9.41. The SMILES string of the molecule is Oc1ccc2c(c1Cl)Oc1c(Cl)c(O)c(Cl)c(Cl)c1C2. The van der Waals surface area contributed by atoms with E-state index in [0.717, 1.165) is 5.56 Å². The van der Waals surface area contributed by atoms with Crippen molar-refractivity contribution in [1.82, 2.24) is 0 Å². The van der Waals surface area contributed by atoms with Crippen LogP contribution < -0.4 is 4.74 Å². The Morgan fingerprint density at radius 3 is 2.25 bits per heavy atom. The number of aromatic hydroxyl groups is 2. The van der Waals surface area contributed by atoms with E-state index in [1.165, 1.54) is 6.07 Å². The predicted octanol–water partition coefficient (Wildman–Crippen LogP) is 5.41. The molecule has 0 amide bonds. The molecule has 0 atom stereocenters. The van der Waals surface area contributed by atoms with E-state index in [1.807, 2.05) is 0 Å². The second-order valence-electron chi connectivity index (χ2n) is 4.26. The third-order valence-corrected chi connectivity index (χ3v) is 4.67. The molecule has 0 aliphatic carbocycles. The topological polar surface area (TPSA) is 49.7 Å². The van der Waals surface area contributed by atoms with Crippen LogP contribution in [0.15, 0.2) is 12.1 Å². The molecule has 7 heteroatoms. The van der Waals surface area contributed by atoms with Crippen LogP contribution >= 0.6 is 46.4 Å². The Balaban J connectivity index is 2.26. The van der Waals surface area contributed by atoms with Crippen molar-refractivity contribution in [2.24, 2.45) is 0 Å². The number of fused-ring (bicyclic) bond motifs is 2. The number of hydrogen-bond donors (Lipinski definition) is 2. The third-order valence-electron chi connectivity index (χ3n) is 3.08. The molecule has 3 nitrogen and oxygen atoms in total. The lowest BCUT2D eigenvalue weighted by Crippen LogP contribution is -2.05. The zero-order valence-electron chi connectivity index (χ0n) is 9.68. The van der Waals surface area contributed by atoms with E-state index in [-0.39, 0.29) is 37.3 Å². The van der Waals surface area contributed by atoms with Gasteiger partial charge in [0.1, 0.15) is 20.8 Å². The van der Waals surface area contributed by atoms with Crippen LogP contribution in [0, 0.1) is 0 Å². The zero-order chi connectivity index (χ0) is 14.6. The lowest BCUT2D eigenvalue weighted by atomic mass is 9.99. The molecular weight excluding hydrogens is 346 g/mol. The van der Waals surface area contributed by atoms with Crippen LogP contribution in [0.25, 0.3) is 0 Å². The van der Waals surface area contributed by atoms with Crippen LogP contribution in [-0.4, -0.2) is 10.2 Å². The highest BCUT2D eigenvalue weighted by Crippen LogP contribution is 2.53. The summed E-state index contributed by atoms with van der Waals surface area (Å²) in [4.78, 5) is 0. The summed E-state index contributed by atoms with van der Waals surface area (Å²) in [6, 6.07) is 3.14. The quantitative estimate of drug-likeness (QED) is 0.532. The first-order valence-electron chi connectivity index (χ1n) is 5.48. The largest absolute Gasteiger partial charge is 0.506 e. The fourth-order valence-electron chi connectivity index (χ4n) is 2.06. The minimum absolute atomic E-state index is 0.0210. The van der Waals surface area contributed by atoms with E-state index in [4.69, 9.17) is 51.1 Å². The molecule has 0 saturated carbocycles. The number of rotatable bonds is 0. The van der Waals surface area contributed by atoms with E-state index < -0.39 is 0 Å². The summed E-state index contributed by atoms with van der Waals surface area (Å²) < 4.78 is 5.61. The maximum atomic E-state index is 9.80. The molecule has 2 aromatic carbocycles. The van der Waals surface area contributed by atoms with Crippen LogP contribution in [0.1, 0.15) is 11.1 Å². The Morgan fingerprint density at radius 2 is 1.55 bits per heavy atom. The Bertz CT molecular complexity index is 743. The van der Waals surface area contributed by atoms with Crippen LogP contribution in [0.2, 0.25) is 20.1 Å². The first-order valence-corrected chi connectivity index (χ1v) is 6.99. The van der Waals surface area contributed by atoms with Crippen molar-refractivity contribution < 1.29 is 14.9 Å². The maximum Gasteiger partial charge on any atom is 0.158 e. The van der Waals surface area contributed by atoms with Crippen LogP contribution in [0.3, 0.4) is 0 Å². The number of benzene rings is 2. The standard InChI is InChI=1S/C13H6Cl4O3/c14-7-5-3-4-1-2-6(18)8(15)12(4)20-13(5)10(17)11(19)9(7)16/h1-2,18-19H,3H2. The summed E-state index contributed by atoms with van der Waals surface area (Å²) in [6.45, 7) is 0. The van der Waals surface area contributed by atoms with Gasteiger partial charge in [0.25, 0.3) is 0 Å². The van der Waals surface area contributed by atoms with E-state index >= 15 is 0 Å². The molecule has 20 heavy (non-hydrogen) atoms. The van der Waals surface area contributed by atoms with Crippen LogP contribution in [-0.2, 0) is 6.42 Å². The molecule has 1 heterocycles. The first kappa shape index (κ1) is 14.0. The number of hydrogen-bond acceptors (Lipinski definition) is 3. The van der Waals surface area contributed by atoms with Gasteiger partial charge in [-0.2, -0.15) is 0 Å². The van der Waals surface area contributed by atoms with Gasteiger partial charge in [-0.3, -0.25) is 0 Å². The Morgan fingerprint density at radius 1 is 0.850 bits per heavy atom. The molecule has 0 fully saturated rings. The summed E-state index contributed by atoms with van der Waals surface area (Å²) >= 11 is 24.1. The molecule has 2 aromatic rings. The predicted molar refractivity (Wildman–Crippen MR) is 79.1 cm³/mol. The number of ether oxygens (including phenoxy) is 1. The van der Waals surface area contributed by atoms with Crippen molar-refractivity contribution in [1.29, 1.82) is 0 Å². The van der Waals surface area contributed by atoms with E-state index in [1.54, 1.807) is 6.07 Å². The fraction of sp³-hybridized carbons (Fsp3) is 0.0769. The summed E-state index contributed by atoms with van der Waals surface area (Å²) in [6.07, 6.45) is 0.378. The van der Waals surface area contributed by atoms with Gasteiger partial charge >= 0.3 is 0 Å². The lowest BCUT2D eigenvalue weighted by molar-refractivity contribution is 0.434. The highest BCUT2D eigenvalue weighted by atomic mass is 35.5. The number of phenols is 2. The van der Waals surface area contributed by atoms with Gasteiger partial charge in [-0.25, -0.2) is 0 Å². The molecule has 3 rings (SSSR count). The normalized spacial score (nSPS) is 12.6. The smallest absolute Gasteiger partial charge is 0.158 e. The van der Waals surface area contributed by atoms with Gasteiger partial charge in [-0.05, 0) is 6.07 Å². The second-order valence-corrected chi connectivity index (χ2v) is 5.78. The van der Waals surface area contributed by atoms with E-state index in [9.17, 15) is 10.2 Å². The summed E-state index contributed by atoms with van der Waals surface area (Å²) in [5.74, 6) is 0.0310. The van der Waals surface area contributed by atoms with Crippen molar-refractivity contribution >= 4 is 46.4 Å². The lowest BCUT2D eigenvalue weighted by Gasteiger charge is -2.24. The van der Waals surface area contributed by atoms with Gasteiger partial charge < -0.3 is 14.9 Å². The van der Waals surface area contributed by atoms with E-state index in [0.29, 0.717) is 17.7 Å². The maximum absolute atomic E-state index is 9.80. The molecule has 0 saturated heterocycles. The van der Waals surface area contributed by atoms with Crippen LogP contribution in [0.4, 0.5) is 0 Å². The molecule has 2 N–H and O–H groups in total. The van der Waals surface area contributed by atoms with E-state index in [2.05, 4.69) is 0 Å². The van der Waals surface area contributed by atoms with Crippen molar-refractivity contribution in [3.8, 4) is 23.0 Å². The van der Waals surface area contributed by atoms with Crippen molar-refractivity contribution in [2.45, 2.75) is 6.42 Å². The van der Waals surface area contributed by atoms with Gasteiger partial charge in [0.2, 0.25) is 0 Å². The second kappa shape index (κ2) is 4.78. The molecule has 104 valence electrons. The highest BCUT2D eigenvalue weighted by Gasteiger charge is 2.29. The van der Waals surface area contributed by atoms with Gasteiger partial charge in [-0.15, -0.1) is 0 Å². The molecule has 0 unspecified atom stereocenters. The molecule has 0 aromatic heterocycles. The number of halogens is 4. The monoisotopic (exact) mass is 350 g/mol. The Hall–Kier alpha value is -1.000. The van der Waals surface area contributed by atoms with Crippen LogP contribution in [0.5, 0.6) is 23.0 Å². The van der Waals surface area contributed by atoms with Gasteiger partial charge in [0.05, 0.1) is 5.02 Å². The molecule has 1 aliphatic rings. The third kappa shape index (κ3) is 1.89. The number of phenolic OH excluding ortho intramolecular Hbond substituents is 2. The summed E-state index contributed by atoms with van der Waals surface area (Å²) in [5, 5.41) is 19.6. The Labute approximate surface area is 134 Å². The summed E-state index contributed by atoms with van der Waals surface area (Å²) in [7, 11) is 0. The minimum atomic E-state index is -0.350. The molecule has 0 radical (unpaired) electrons.